The first kappa shape index (κ1) is 12.2. The largest absolute Gasteiger partial charge is 0.478 e. The Morgan fingerprint density at radius 2 is 2.05 bits per heavy atom. The lowest BCUT2D eigenvalue weighted by molar-refractivity contribution is 0.0697. The molecule has 20 heavy (non-hydrogen) atoms. The van der Waals surface area contributed by atoms with Crippen LogP contribution in [0, 0.1) is 6.92 Å². The Morgan fingerprint density at radius 3 is 2.75 bits per heavy atom. The van der Waals surface area contributed by atoms with E-state index in [2.05, 4.69) is 15.0 Å². The van der Waals surface area contributed by atoms with Crippen LogP contribution in [-0.4, -0.2) is 26.0 Å². The Kier molecular flexibility index (Phi) is 2.87. The summed E-state index contributed by atoms with van der Waals surface area (Å²) in [7, 11) is 0. The molecule has 5 heteroatoms. The second-order valence-corrected chi connectivity index (χ2v) is 4.44. The van der Waals surface area contributed by atoms with Crippen molar-refractivity contribution in [2.75, 3.05) is 0 Å². The molecule has 0 spiro atoms. The molecule has 0 saturated heterocycles. The number of hydrogen-bond acceptors (Lipinski definition) is 4. The van der Waals surface area contributed by atoms with Crippen LogP contribution in [0.3, 0.4) is 0 Å². The molecule has 0 amide bonds. The molecule has 0 bridgehead atoms. The molecule has 0 aliphatic heterocycles. The molecule has 0 fully saturated rings. The van der Waals surface area contributed by atoms with Crippen molar-refractivity contribution in [2.45, 2.75) is 6.92 Å². The molecule has 3 aromatic rings. The molecule has 0 radical (unpaired) electrons. The van der Waals surface area contributed by atoms with Gasteiger partial charge in [0, 0.05) is 29.0 Å². The van der Waals surface area contributed by atoms with Crippen LogP contribution in [0.15, 0.2) is 42.9 Å². The Hall–Kier alpha value is -2.82. The highest BCUT2D eigenvalue weighted by Gasteiger charge is 2.11. The fourth-order valence-corrected chi connectivity index (χ4v) is 2.14. The van der Waals surface area contributed by atoms with Gasteiger partial charge in [0.2, 0.25) is 0 Å². The van der Waals surface area contributed by atoms with Crippen LogP contribution in [0.4, 0.5) is 0 Å². The van der Waals surface area contributed by atoms with Crippen molar-refractivity contribution in [2.24, 2.45) is 0 Å². The average molecular weight is 265 g/mol. The van der Waals surface area contributed by atoms with Gasteiger partial charge in [-0.25, -0.2) is 4.79 Å². The number of nitrogens with zero attached hydrogens (tertiary/aromatic N) is 3. The predicted molar refractivity (Wildman–Crippen MR) is 74.5 cm³/mol. The average Bonchev–Trinajstić information content (AvgIpc) is 2.46. The summed E-state index contributed by atoms with van der Waals surface area (Å²) in [6.45, 7) is 1.89. The highest BCUT2D eigenvalue weighted by molar-refractivity contribution is 5.99. The van der Waals surface area contributed by atoms with Crippen molar-refractivity contribution < 1.29 is 9.90 Å². The van der Waals surface area contributed by atoms with Gasteiger partial charge < -0.3 is 5.11 Å². The smallest absolute Gasteiger partial charge is 0.335 e. The Bertz CT molecular complexity index is 801. The number of aromatic carboxylic acids is 1. The van der Waals surface area contributed by atoms with E-state index in [4.69, 9.17) is 5.11 Å². The van der Waals surface area contributed by atoms with Crippen molar-refractivity contribution in [1.29, 1.82) is 0 Å². The molecule has 0 atom stereocenters. The minimum absolute atomic E-state index is 0.230. The fourth-order valence-electron chi connectivity index (χ4n) is 2.14. The lowest BCUT2D eigenvalue weighted by Crippen LogP contribution is -1.97. The van der Waals surface area contributed by atoms with E-state index in [0.717, 1.165) is 22.2 Å². The number of rotatable bonds is 2. The van der Waals surface area contributed by atoms with Gasteiger partial charge in [-0.1, -0.05) is 0 Å². The number of aryl methyl sites for hydroxylation is 1. The number of carboxylic acids is 1. The summed E-state index contributed by atoms with van der Waals surface area (Å²) in [5.41, 5.74) is 3.36. The highest BCUT2D eigenvalue weighted by atomic mass is 16.4. The summed E-state index contributed by atoms with van der Waals surface area (Å²) < 4.78 is 0. The third-order valence-electron chi connectivity index (χ3n) is 3.02. The van der Waals surface area contributed by atoms with Crippen LogP contribution in [0.25, 0.3) is 22.2 Å². The van der Waals surface area contributed by atoms with Crippen LogP contribution in [-0.2, 0) is 0 Å². The van der Waals surface area contributed by atoms with Gasteiger partial charge in [-0.2, -0.15) is 0 Å². The van der Waals surface area contributed by atoms with Crippen LogP contribution >= 0.6 is 0 Å². The van der Waals surface area contributed by atoms with E-state index in [-0.39, 0.29) is 5.56 Å². The summed E-state index contributed by atoms with van der Waals surface area (Å²) in [6.07, 6.45) is 4.86. The van der Waals surface area contributed by atoms with Crippen molar-refractivity contribution in [3.63, 3.8) is 0 Å². The number of carbonyl (C=O) groups is 1. The number of hydrogen-bond donors (Lipinski definition) is 1. The maximum Gasteiger partial charge on any atom is 0.335 e. The summed E-state index contributed by atoms with van der Waals surface area (Å²) >= 11 is 0. The van der Waals surface area contributed by atoms with Crippen molar-refractivity contribution in [3.8, 4) is 11.3 Å². The van der Waals surface area contributed by atoms with E-state index < -0.39 is 5.97 Å². The topological polar surface area (TPSA) is 76.0 Å². The summed E-state index contributed by atoms with van der Waals surface area (Å²) in [5.74, 6) is -0.961. The first-order valence-electron chi connectivity index (χ1n) is 6.06. The number of aromatic nitrogens is 3. The SMILES string of the molecule is Cc1cc(-c2cnccn2)c2cc(C(=O)O)ccc2n1. The van der Waals surface area contributed by atoms with E-state index >= 15 is 0 Å². The van der Waals surface area contributed by atoms with Crippen LogP contribution in [0.2, 0.25) is 0 Å². The zero-order valence-corrected chi connectivity index (χ0v) is 10.7. The molecule has 2 aromatic heterocycles. The molecular weight excluding hydrogens is 254 g/mol. The predicted octanol–water partition coefficient (Wildman–Crippen LogP) is 2.70. The second kappa shape index (κ2) is 4.70. The van der Waals surface area contributed by atoms with Gasteiger partial charge >= 0.3 is 5.97 Å². The summed E-state index contributed by atoms with van der Waals surface area (Å²) in [6, 6.07) is 6.77. The highest BCUT2D eigenvalue weighted by Crippen LogP contribution is 2.27. The molecule has 1 N–H and O–H groups in total. The molecule has 0 aliphatic rings. The lowest BCUT2D eigenvalue weighted by Gasteiger charge is -2.08. The van der Waals surface area contributed by atoms with Crippen molar-refractivity contribution in [1.82, 2.24) is 15.0 Å². The number of benzene rings is 1. The van der Waals surface area contributed by atoms with E-state index in [1.165, 1.54) is 0 Å². The molecule has 2 heterocycles. The molecule has 3 rings (SSSR count). The molecule has 0 saturated carbocycles. The standard InChI is InChI=1S/C15H11N3O2/c1-9-6-11(14-8-16-4-5-17-14)12-7-10(15(19)20)2-3-13(12)18-9/h2-8H,1H3,(H,19,20). The van der Waals surface area contributed by atoms with Crippen LogP contribution in [0.1, 0.15) is 16.1 Å². The van der Waals surface area contributed by atoms with Gasteiger partial charge in [0.25, 0.3) is 0 Å². The molecule has 0 unspecified atom stereocenters. The zero-order chi connectivity index (χ0) is 14.1. The van der Waals surface area contributed by atoms with E-state index in [9.17, 15) is 4.79 Å². The number of carboxylic acid groups (broad SMARTS) is 1. The molecule has 5 nitrogen and oxygen atoms in total. The van der Waals surface area contributed by atoms with Gasteiger partial charge in [-0.05, 0) is 31.2 Å². The molecule has 1 aromatic carbocycles. The quantitative estimate of drug-likeness (QED) is 0.771. The first-order valence-corrected chi connectivity index (χ1v) is 6.06. The van der Waals surface area contributed by atoms with E-state index in [0.29, 0.717) is 5.69 Å². The molecular formula is C15H11N3O2. The van der Waals surface area contributed by atoms with E-state index in [1.807, 2.05) is 13.0 Å². The normalized spacial score (nSPS) is 10.7. The third-order valence-corrected chi connectivity index (χ3v) is 3.02. The maximum absolute atomic E-state index is 11.1. The Balaban J connectivity index is 2.34. The number of pyridine rings is 1. The van der Waals surface area contributed by atoms with Gasteiger partial charge in [-0.3, -0.25) is 15.0 Å². The Labute approximate surface area is 115 Å². The van der Waals surface area contributed by atoms with Gasteiger partial charge in [0.05, 0.1) is 23.0 Å². The van der Waals surface area contributed by atoms with E-state index in [1.54, 1.807) is 36.8 Å². The minimum Gasteiger partial charge on any atom is -0.478 e. The lowest BCUT2D eigenvalue weighted by atomic mass is 10.0. The third kappa shape index (κ3) is 2.09. The fraction of sp³-hybridized carbons (Fsp3) is 0.0667. The van der Waals surface area contributed by atoms with Crippen molar-refractivity contribution >= 4 is 16.9 Å². The summed E-state index contributed by atoms with van der Waals surface area (Å²) in [4.78, 5) is 23.9. The number of fused-ring (bicyclic) bond motifs is 1. The molecule has 98 valence electrons. The second-order valence-electron chi connectivity index (χ2n) is 4.44. The van der Waals surface area contributed by atoms with Crippen molar-refractivity contribution in [3.05, 3.63) is 54.1 Å². The van der Waals surface area contributed by atoms with Crippen LogP contribution in [0.5, 0.6) is 0 Å². The monoisotopic (exact) mass is 265 g/mol. The minimum atomic E-state index is -0.961. The first-order chi connectivity index (χ1) is 9.65. The Morgan fingerprint density at radius 1 is 1.20 bits per heavy atom. The van der Waals surface area contributed by atoms with Gasteiger partial charge in [-0.15, -0.1) is 0 Å². The summed E-state index contributed by atoms with van der Waals surface area (Å²) in [5, 5.41) is 9.87. The molecule has 0 aliphatic carbocycles. The maximum atomic E-state index is 11.1. The van der Waals surface area contributed by atoms with Crippen LogP contribution < -0.4 is 0 Å². The van der Waals surface area contributed by atoms with Gasteiger partial charge in [0.1, 0.15) is 0 Å². The zero-order valence-electron chi connectivity index (χ0n) is 10.7. The van der Waals surface area contributed by atoms with Gasteiger partial charge in [0.15, 0.2) is 0 Å².